The molecule has 26 heavy (non-hydrogen) atoms. The van der Waals surface area contributed by atoms with Crippen molar-refractivity contribution < 1.29 is 0 Å². The average molecular weight is 351 g/mol. The van der Waals surface area contributed by atoms with Gasteiger partial charge in [-0.3, -0.25) is 0 Å². The quantitative estimate of drug-likeness (QED) is 0.683. The number of rotatable bonds is 5. The molecule has 1 aliphatic heterocycles. The molecular weight excluding hydrogens is 325 g/mol. The summed E-state index contributed by atoms with van der Waals surface area (Å²) in [5, 5.41) is 10.2. The number of aromatic nitrogens is 3. The van der Waals surface area contributed by atoms with E-state index in [0.717, 1.165) is 49.0 Å². The predicted molar refractivity (Wildman–Crippen MR) is 109 cm³/mol. The second-order valence-corrected chi connectivity index (χ2v) is 7.11. The summed E-state index contributed by atoms with van der Waals surface area (Å²) in [5.74, 6) is 2.27. The molecule has 2 fully saturated rings. The van der Waals surface area contributed by atoms with Gasteiger partial charge in [0.15, 0.2) is 0 Å². The first-order valence-electron chi connectivity index (χ1n) is 9.57. The number of hydrogen-bond donors (Lipinski definition) is 3. The van der Waals surface area contributed by atoms with Crippen molar-refractivity contribution in [3.05, 3.63) is 24.5 Å². The fraction of sp³-hybridized carbons (Fsp3) is 0.500. The maximum atomic E-state index is 4.65. The standard InChI is InChI=1S/C18H26BN7/c19-15-12-22-18(25-17(15)23-13-3-1-2-4-13)24-16-6-5-14(11-21-16)26-9-7-20-8-10-26/h5-6,11-13,20H,1-4,7-10,19H2,(H2,21,22,23,24,25). The van der Waals surface area contributed by atoms with Crippen LogP contribution in [0.2, 0.25) is 0 Å². The van der Waals surface area contributed by atoms with Gasteiger partial charge in [-0.25, -0.2) is 9.97 Å². The highest BCUT2D eigenvalue weighted by molar-refractivity contribution is 6.35. The van der Waals surface area contributed by atoms with Crippen LogP contribution in [0.1, 0.15) is 25.7 Å². The lowest BCUT2D eigenvalue weighted by molar-refractivity contribution is 0.589. The fourth-order valence-corrected chi connectivity index (χ4v) is 3.60. The second kappa shape index (κ2) is 7.91. The van der Waals surface area contributed by atoms with Crippen LogP contribution in [0.5, 0.6) is 0 Å². The summed E-state index contributed by atoms with van der Waals surface area (Å²) in [4.78, 5) is 15.9. The van der Waals surface area contributed by atoms with Crippen LogP contribution >= 0.6 is 0 Å². The molecule has 1 saturated carbocycles. The molecule has 2 aliphatic rings. The van der Waals surface area contributed by atoms with Gasteiger partial charge in [0.1, 0.15) is 19.5 Å². The minimum Gasteiger partial charge on any atom is -0.368 e. The Hall–Kier alpha value is -2.35. The number of hydrogen-bond acceptors (Lipinski definition) is 7. The second-order valence-electron chi connectivity index (χ2n) is 7.11. The van der Waals surface area contributed by atoms with E-state index in [2.05, 4.69) is 41.9 Å². The highest BCUT2D eigenvalue weighted by atomic mass is 15.2. The van der Waals surface area contributed by atoms with E-state index >= 15 is 0 Å². The molecule has 2 aromatic rings. The van der Waals surface area contributed by atoms with Crippen LogP contribution in [0.15, 0.2) is 24.5 Å². The fourth-order valence-electron chi connectivity index (χ4n) is 3.60. The minimum atomic E-state index is 0.535. The van der Waals surface area contributed by atoms with Crippen molar-refractivity contribution in [1.82, 2.24) is 20.3 Å². The zero-order valence-electron chi connectivity index (χ0n) is 15.3. The van der Waals surface area contributed by atoms with E-state index in [-0.39, 0.29) is 0 Å². The van der Waals surface area contributed by atoms with E-state index in [1.54, 1.807) is 0 Å². The Balaban J connectivity index is 1.43. The molecule has 3 N–H and O–H groups in total. The Morgan fingerprint density at radius 3 is 2.62 bits per heavy atom. The van der Waals surface area contributed by atoms with Crippen molar-refractivity contribution in [1.29, 1.82) is 0 Å². The molecule has 1 saturated heterocycles. The lowest BCUT2D eigenvalue weighted by Gasteiger charge is -2.29. The van der Waals surface area contributed by atoms with Gasteiger partial charge in [0.05, 0.1) is 11.9 Å². The largest absolute Gasteiger partial charge is 0.368 e. The average Bonchev–Trinajstić information content (AvgIpc) is 3.19. The van der Waals surface area contributed by atoms with Crippen LogP contribution in [0, 0.1) is 0 Å². The number of nitrogens with one attached hydrogen (secondary N) is 3. The maximum Gasteiger partial charge on any atom is 0.230 e. The van der Waals surface area contributed by atoms with Gasteiger partial charge in [0.2, 0.25) is 5.95 Å². The minimum absolute atomic E-state index is 0.535. The number of piperazine rings is 1. The lowest BCUT2D eigenvalue weighted by Crippen LogP contribution is -2.43. The molecule has 8 heteroatoms. The van der Waals surface area contributed by atoms with Crippen molar-refractivity contribution in [3.8, 4) is 0 Å². The molecule has 0 spiro atoms. The molecule has 136 valence electrons. The predicted octanol–water partition coefficient (Wildman–Crippen LogP) is 0.638. The van der Waals surface area contributed by atoms with Gasteiger partial charge >= 0.3 is 0 Å². The summed E-state index contributed by atoms with van der Waals surface area (Å²) in [7, 11) is 2.04. The van der Waals surface area contributed by atoms with Crippen molar-refractivity contribution in [2.24, 2.45) is 0 Å². The molecule has 4 rings (SSSR count). The van der Waals surface area contributed by atoms with Gasteiger partial charge < -0.3 is 20.9 Å². The van der Waals surface area contributed by atoms with Gasteiger partial charge in [0, 0.05) is 38.4 Å². The van der Waals surface area contributed by atoms with Crippen molar-refractivity contribution >= 4 is 36.6 Å². The molecule has 0 amide bonds. The van der Waals surface area contributed by atoms with Crippen molar-refractivity contribution in [2.75, 3.05) is 41.7 Å². The number of pyridine rings is 1. The van der Waals surface area contributed by atoms with Crippen LogP contribution in [-0.2, 0) is 0 Å². The lowest BCUT2D eigenvalue weighted by atomic mass is 9.98. The first-order valence-corrected chi connectivity index (χ1v) is 9.57. The van der Waals surface area contributed by atoms with Crippen LogP contribution in [-0.4, -0.2) is 55.0 Å². The normalized spacial score (nSPS) is 18.1. The first-order chi connectivity index (χ1) is 12.8. The Morgan fingerprint density at radius 1 is 1.08 bits per heavy atom. The highest BCUT2D eigenvalue weighted by Crippen LogP contribution is 2.21. The van der Waals surface area contributed by atoms with E-state index in [0.29, 0.717) is 12.0 Å². The third-order valence-corrected chi connectivity index (χ3v) is 5.14. The molecule has 7 nitrogen and oxygen atoms in total. The summed E-state index contributed by atoms with van der Waals surface area (Å²) < 4.78 is 0. The zero-order chi connectivity index (χ0) is 17.8. The Kier molecular flexibility index (Phi) is 5.20. The van der Waals surface area contributed by atoms with E-state index in [4.69, 9.17) is 0 Å². The third-order valence-electron chi connectivity index (χ3n) is 5.14. The topological polar surface area (TPSA) is 78.0 Å². The van der Waals surface area contributed by atoms with Crippen molar-refractivity contribution in [3.63, 3.8) is 0 Å². The van der Waals surface area contributed by atoms with Gasteiger partial charge in [-0.15, -0.1) is 0 Å². The van der Waals surface area contributed by atoms with E-state index in [1.807, 2.05) is 26.3 Å². The van der Waals surface area contributed by atoms with E-state index in [9.17, 15) is 0 Å². The smallest absolute Gasteiger partial charge is 0.230 e. The summed E-state index contributed by atoms with van der Waals surface area (Å²) in [5.41, 5.74) is 2.23. The molecule has 0 unspecified atom stereocenters. The van der Waals surface area contributed by atoms with Crippen LogP contribution < -0.4 is 26.3 Å². The van der Waals surface area contributed by atoms with Crippen molar-refractivity contribution in [2.45, 2.75) is 31.7 Å². The summed E-state index contributed by atoms with van der Waals surface area (Å²) in [6, 6.07) is 4.63. The summed E-state index contributed by atoms with van der Waals surface area (Å²) in [6.07, 6.45) is 8.83. The van der Waals surface area contributed by atoms with Gasteiger partial charge in [-0.05, 0) is 30.4 Å². The molecule has 0 atom stereocenters. The summed E-state index contributed by atoms with van der Waals surface area (Å²) >= 11 is 0. The summed E-state index contributed by atoms with van der Waals surface area (Å²) in [6.45, 7) is 4.08. The molecule has 0 radical (unpaired) electrons. The molecule has 0 aromatic carbocycles. The Bertz CT molecular complexity index is 725. The van der Waals surface area contributed by atoms with Gasteiger partial charge in [-0.2, -0.15) is 4.98 Å². The molecule has 1 aliphatic carbocycles. The monoisotopic (exact) mass is 351 g/mol. The molecule has 0 bridgehead atoms. The van der Waals surface area contributed by atoms with Gasteiger partial charge in [0.25, 0.3) is 0 Å². The third kappa shape index (κ3) is 4.07. The zero-order valence-corrected chi connectivity index (χ0v) is 15.3. The van der Waals surface area contributed by atoms with Crippen LogP contribution in [0.25, 0.3) is 0 Å². The number of nitrogens with zero attached hydrogens (tertiary/aromatic N) is 4. The van der Waals surface area contributed by atoms with Gasteiger partial charge in [-0.1, -0.05) is 12.8 Å². The SMILES string of the molecule is Bc1cnc(Nc2ccc(N3CCNCC3)cn2)nc1NC1CCCC1. The highest BCUT2D eigenvalue weighted by Gasteiger charge is 2.16. The Morgan fingerprint density at radius 2 is 1.88 bits per heavy atom. The maximum absolute atomic E-state index is 4.65. The Labute approximate surface area is 155 Å². The van der Waals surface area contributed by atoms with Crippen LogP contribution in [0.4, 0.5) is 23.3 Å². The molecular formula is C18H26BN7. The number of anilines is 4. The van der Waals surface area contributed by atoms with Crippen LogP contribution in [0.3, 0.4) is 0 Å². The first kappa shape index (κ1) is 17.1. The van der Waals surface area contributed by atoms with E-state index in [1.165, 1.54) is 25.7 Å². The molecule has 3 heterocycles. The molecule has 2 aromatic heterocycles. The van der Waals surface area contributed by atoms with E-state index < -0.39 is 0 Å².